The van der Waals surface area contributed by atoms with Crippen molar-refractivity contribution in [2.45, 2.75) is 13.0 Å². The second-order valence-electron chi connectivity index (χ2n) is 4.20. The molecule has 2 aromatic rings. The van der Waals surface area contributed by atoms with Crippen LogP contribution in [-0.2, 0) is 22.6 Å². The number of amides is 1. The second kappa shape index (κ2) is 5.60. The number of hydrogen-bond acceptors (Lipinski definition) is 3. The summed E-state index contributed by atoms with van der Waals surface area (Å²) in [5.41, 5.74) is 5.04. The fourth-order valence-corrected chi connectivity index (χ4v) is 1.70. The van der Waals surface area contributed by atoms with Crippen molar-refractivity contribution >= 4 is 11.7 Å². The molecule has 0 spiro atoms. The van der Waals surface area contributed by atoms with E-state index >= 15 is 0 Å². The van der Waals surface area contributed by atoms with E-state index in [4.69, 9.17) is 5.73 Å². The Labute approximate surface area is 113 Å². The van der Waals surface area contributed by atoms with Crippen LogP contribution in [0.3, 0.4) is 0 Å². The summed E-state index contributed by atoms with van der Waals surface area (Å²) >= 11 is 0. The van der Waals surface area contributed by atoms with Crippen molar-refractivity contribution in [1.29, 1.82) is 0 Å². The quantitative estimate of drug-likeness (QED) is 0.822. The van der Waals surface area contributed by atoms with Crippen LogP contribution in [0.25, 0.3) is 0 Å². The van der Waals surface area contributed by atoms with Crippen LogP contribution in [0.2, 0.25) is 0 Å². The zero-order valence-electron chi connectivity index (χ0n) is 10.3. The summed E-state index contributed by atoms with van der Waals surface area (Å²) < 4.78 is 28.4. The van der Waals surface area contributed by atoms with E-state index in [0.717, 1.165) is 12.1 Å². The monoisotopic (exact) mass is 279 g/mol. The van der Waals surface area contributed by atoms with Crippen molar-refractivity contribution in [1.82, 2.24) is 9.55 Å². The molecule has 2 N–H and O–H groups in total. The minimum absolute atomic E-state index is 0.0593. The van der Waals surface area contributed by atoms with Gasteiger partial charge in [-0.3, -0.25) is 9.59 Å². The number of benzene rings is 1. The maximum absolute atomic E-state index is 13.5. The summed E-state index contributed by atoms with van der Waals surface area (Å²) in [7, 11) is 0. The van der Waals surface area contributed by atoms with Crippen LogP contribution in [0.4, 0.5) is 8.78 Å². The van der Waals surface area contributed by atoms with Crippen LogP contribution in [0.5, 0.6) is 0 Å². The standard InChI is InChI=1S/C13H11F2N3O2/c14-10-2-1-3-11(15)9(10)6-18-5-8(17-7-18)4-12(19)13(16)20/h1-3,5,7H,4,6H2,(H2,16,20). The Balaban J connectivity index is 2.14. The van der Waals surface area contributed by atoms with Crippen molar-refractivity contribution in [3.05, 3.63) is 53.6 Å². The van der Waals surface area contributed by atoms with Gasteiger partial charge in [-0.2, -0.15) is 0 Å². The Morgan fingerprint density at radius 3 is 2.50 bits per heavy atom. The molecule has 1 aromatic heterocycles. The first-order valence-corrected chi connectivity index (χ1v) is 5.73. The van der Waals surface area contributed by atoms with E-state index in [2.05, 4.69) is 4.98 Å². The summed E-state index contributed by atoms with van der Waals surface area (Å²) in [5, 5.41) is 0. The number of aromatic nitrogens is 2. The summed E-state index contributed by atoms with van der Waals surface area (Å²) in [5.74, 6) is -3.13. The van der Waals surface area contributed by atoms with Crippen molar-refractivity contribution in [3.8, 4) is 0 Å². The average molecular weight is 279 g/mol. The van der Waals surface area contributed by atoms with Gasteiger partial charge in [-0.25, -0.2) is 13.8 Å². The van der Waals surface area contributed by atoms with Gasteiger partial charge in [0.05, 0.1) is 25.0 Å². The van der Waals surface area contributed by atoms with Crippen LogP contribution >= 0.6 is 0 Å². The molecule has 0 radical (unpaired) electrons. The molecule has 104 valence electrons. The maximum atomic E-state index is 13.5. The molecule has 0 aliphatic rings. The Hall–Kier alpha value is -2.57. The van der Waals surface area contributed by atoms with Crippen molar-refractivity contribution in [3.63, 3.8) is 0 Å². The summed E-state index contributed by atoms with van der Waals surface area (Å²) in [6, 6.07) is 3.60. The molecule has 0 atom stereocenters. The number of ketones is 1. The fraction of sp³-hybridized carbons (Fsp3) is 0.154. The van der Waals surface area contributed by atoms with Gasteiger partial charge in [-0.15, -0.1) is 0 Å². The number of Topliss-reactive ketones (excluding diaryl/α,β-unsaturated/α-hetero) is 1. The zero-order valence-corrected chi connectivity index (χ0v) is 10.3. The van der Waals surface area contributed by atoms with Gasteiger partial charge >= 0.3 is 0 Å². The van der Waals surface area contributed by atoms with Gasteiger partial charge in [0.15, 0.2) is 0 Å². The van der Waals surface area contributed by atoms with Crippen LogP contribution in [0.1, 0.15) is 11.3 Å². The Morgan fingerprint density at radius 1 is 1.25 bits per heavy atom. The van der Waals surface area contributed by atoms with E-state index in [-0.39, 0.29) is 18.5 Å². The number of carbonyl (C=O) groups excluding carboxylic acids is 2. The molecule has 0 aliphatic carbocycles. The summed E-state index contributed by atoms with van der Waals surface area (Å²) in [4.78, 5) is 25.7. The first-order chi connectivity index (χ1) is 9.47. The number of hydrogen-bond donors (Lipinski definition) is 1. The lowest BCUT2D eigenvalue weighted by atomic mass is 10.2. The molecule has 0 unspecified atom stereocenters. The zero-order chi connectivity index (χ0) is 14.7. The minimum Gasteiger partial charge on any atom is -0.363 e. The van der Waals surface area contributed by atoms with E-state index in [1.165, 1.54) is 23.2 Å². The molecule has 20 heavy (non-hydrogen) atoms. The molecule has 1 heterocycles. The van der Waals surface area contributed by atoms with Gasteiger partial charge in [-0.05, 0) is 12.1 Å². The average Bonchev–Trinajstić information content (AvgIpc) is 2.81. The second-order valence-corrected chi connectivity index (χ2v) is 4.20. The minimum atomic E-state index is -1.04. The fourth-order valence-electron chi connectivity index (χ4n) is 1.70. The SMILES string of the molecule is NC(=O)C(=O)Cc1cn(Cc2c(F)cccc2F)cn1. The lowest BCUT2D eigenvalue weighted by Crippen LogP contribution is -2.24. The number of primary amides is 1. The molecule has 0 aliphatic heterocycles. The number of carbonyl (C=O) groups is 2. The normalized spacial score (nSPS) is 10.5. The molecule has 1 aromatic carbocycles. The van der Waals surface area contributed by atoms with Gasteiger partial charge in [-0.1, -0.05) is 6.07 Å². The van der Waals surface area contributed by atoms with E-state index in [1.54, 1.807) is 0 Å². The van der Waals surface area contributed by atoms with Gasteiger partial charge < -0.3 is 10.3 Å². The van der Waals surface area contributed by atoms with E-state index in [1.807, 2.05) is 0 Å². The molecule has 2 rings (SSSR count). The number of halogens is 2. The predicted molar refractivity (Wildman–Crippen MR) is 65.6 cm³/mol. The summed E-state index contributed by atoms with van der Waals surface area (Å²) in [6.45, 7) is -0.0593. The van der Waals surface area contributed by atoms with Crippen molar-refractivity contribution < 1.29 is 18.4 Å². The molecule has 7 heteroatoms. The van der Waals surface area contributed by atoms with Crippen LogP contribution < -0.4 is 5.73 Å². The Morgan fingerprint density at radius 2 is 1.90 bits per heavy atom. The Kier molecular flexibility index (Phi) is 3.88. The highest BCUT2D eigenvalue weighted by Crippen LogP contribution is 2.14. The van der Waals surface area contributed by atoms with Gasteiger partial charge in [0.1, 0.15) is 11.6 Å². The van der Waals surface area contributed by atoms with Gasteiger partial charge in [0.25, 0.3) is 5.91 Å². The van der Waals surface area contributed by atoms with Crippen LogP contribution in [-0.4, -0.2) is 21.2 Å². The molecule has 1 amide bonds. The molecular weight excluding hydrogens is 268 g/mol. The van der Waals surface area contributed by atoms with Gasteiger partial charge in [0, 0.05) is 11.8 Å². The van der Waals surface area contributed by atoms with Gasteiger partial charge in [0.2, 0.25) is 5.78 Å². The molecule has 0 bridgehead atoms. The topological polar surface area (TPSA) is 78.0 Å². The van der Waals surface area contributed by atoms with Crippen LogP contribution in [0, 0.1) is 11.6 Å². The largest absolute Gasteiger partial charge is 0.363 e. The highest BCUT2D eigenvalue weighted by molar-refractivity contribution is 6.35. The Bertz CT molecular complexity index is 647. The lowest BCUT2D eigenvalue weighted by Gasteiger charge is -2.05. The van der Waals surface area contributed by atoms with E-state index in [9.17, 15) is 18.4 Å². The maximum Gasteiger partial charge on any atom is 0.285 e. The third-order valence-electron chi connectivity index (χ3n) is 2.71. The van der Waals surface area contributed by atoms with Crippen LogP contribution in [0.15, 0.2) is 30.7 Å². The molecule has 0 saturated heterocycles. The lowest BCUT2D eigenvalue weighted by molar-refractivity contribution is -0.135. The molecule has 5 nitrogen and oxygen atoms in total. The predicted octanol–water partition coefficient (Wildman–Crippen LogP) is 0.806. The van der Waals surface area contributed by atoms with Crippen molar-refractivity contribution in [2.24, 2.45) is 5.73 Å². The van der Waals surface area contributed by atoms with Crippen molar-refractivity contribution in [2.75, 3.05) is 0 Å². The molecular formula is C13H11F2N3O2. The number of rotatable bonds is 5. The molecule has 0 fully saturated rings. The number of nitrogens with zero attached hydrogens (tertiary/aromatic N) is 2. The third kappa shape index (κ3) is 3.05. The highest BCUT2D eigenvalue weighted by Gasteiger charge is 2.13. The van der Waals surface area contributed by atoms with E-state index < -0.39 is 23.3 Å². The third-order valence-corrected chi connectivity index (χ3v) is 2.71. The molecule has 0 saturated carbocycles. The smallest absolute Gasteiger partial charge is 0.285 e. The first kappa shape index (κ1) is 13.9. The summed E-state index contributed by atoms with van der Waals surface area (Å²) in [6.07, 6.45) is 2.53. The number of imidazole rings is 1. The first-order valence-electron chi connectivity index (χ1n) is 5.73. The van der Waals surface area contributed by atoms with E-state index in [0.29, 0.717) is 5.69 Å². The number of nitrogens with two attached hydrogens (primary N) is 1. The highest BCUT2D eigenvalue weighted by atomic mass is 19.1.